The summed E-state index contributed by atoms with van der Waals surface area (Å²) in [4.78, 5) is 25.5. The molecule has 0 unspecified atom stereocenters. The van der Waals surface area contributed by atoms with E-state index in [-0.39, 0.29) is 5.91 Å². The van der Waals surface area contributed by atoms with Crippen LogP contribution in [0.2, 0.25) is 0 Å². The van der Waals surface area contributed by atoms with E-state index in [0.717, 1.165) is 4.88 Å². The standard InChI is InChI=1S/C16H15N5OS/c22-14(5-4-13-3-1-12-23-13)17-8-10-21-11-9-20-16(21)15-18-6-2-7-19-15/h1-7,9,11-12H,8,10H2,(H,17,22). The molecule has 0 atom stereocenters. The molecule has 1 amide bonds. The molecule has 0 aliphatic rings. The normalized spacial score (nSPS) is 11.0. The number of rotatable bonds is 6. The largest absolute Gasteiger partial charge is 0.351 e. The van der Waals surface area contributed by atoms with Crippen LogP contribution in [-0.2, 0) is 11.3 Å². The van der Waals surface area contributed by atoms with Crippen molar-refractivity contribution in [3.05, 3.63) is 59.3 Å². The van der Waals surface area contributed by atoms with Crippen molar-refractivity contribution in [2.75, 3.05) is 6.54 Å². The first kappa shape index (κ1) is 15.1. The van der Waals surface area contributed by atoms with E-state index in [0.29, 0.717) is 24.7 Å². The third kappa shape index (κ3) is 4.10. The highest BCUT2D eigenvalue weighted by Gasteiger charge is 2.07. The SMILES string of the molecule is O=C(C=Cc1cccs1)NCCn1ccnc1-c1ncccn1. The molecule has 3 rings (SSSR count). The molecule has 7 heteroatoms. The van der Waals surface area contributed by atoms with Gasteiger partial charge in [-0.3, -0.25) is 4.79 Å². The van der Waals surface area contributed by atoms with Crippen molar-refractivity contribution in [1.29, 1.82) is 0 Å². The third-order valence-electron chi connectivity index (χ3n) is 3.08. The van der Waals surface area contributed by atoms with Crippen LogP contribution in [0.15, 0.2) is 54.4 Å². The predicted octanol–water partition coefficient (Wildman–Crippen LogP) is 2.23. The Hall–Kier alpha value is -2.80. The Kier molecular flexibility index (Phi) is 4.90. The molecule has 3 aromatic heterocycles. The summed E-state index contributed by atoms with van der Waals surface area (Å²) in [6, 6.07) is 5.68. The molecule has 23 heavy (non-hydrogen) atoms. The molecule has 116 valence electrons. The van der Waals surface area contributed by atoms with Crippen LogP contribution in [-0.4, -0.2) is 32.0 Å². The molecule has 1 N–H and O–H groups in total. The van der Waals surface area contributed by atoms with Gasteiger partial charge in [-0.05, 0) is 23.6 Å². The van der Waals surface area contributed by atoms with E-state index in [9.17, 15) is 4.79 Å². The Morgan fingerprint density at radius 3 is 2.87 bits per heavy atom. The topological polar surface area (TPSA) is 72.7 Å². The second-order valence-electron chi connectivity index (χ2n) is 4.66. The fraction of sp³-hybridized carbons (Fsp3) is 0.125. The summed E-state index contributed by atoms with van der Waals surface area (Å²) in [5.74, 6) is 1.14. The van der Waals surface area contributed by atoms with E-state index in [1.54, 1.807) is 48.1 Å². The zero-order valence-corrected chi connectivity index (χ0v) is 13.1. The fourth-order valence-corrected chi connectivity index (χ4v) is 2.63. The van der Waals surface area contributed by atoms with Gasteiger partial charge in [-0.25, -0.2) is 15.0 Å². The number of nitrogens with one attached hydrogen (secondary N) is 1. The number of carbonyl (C=O) groups excluding carboxylic acids is 1. The van der Waals surface area contributed by atoms with Gasteiger partial charge in [-0.15, -0.1) is 11.3 Å². The van der Waals surface area contributed by atoms with Gasteiger partial charge in [0.1, 0.15) is 0 Å². The molecule has 0 spiro atoms. The lowest BCUT2D eigenvalue weighted by Crippen LogP contribution is -2.25. The Labute approximate surface area is 137 Å². The highest BCUT2D eigenvalue weighted by Crippen LogP contribution is 2.11. The van der Waals surface area contributed by atoms with E-state index in [2.05, 4.69) is 20.3 Å². The smallest absolute Gasteiger partial charge is 0.244 e. The van der Waals surface area contributed by atoms with Gasteiger partial charge in [0.25, 0.3) is 0 Å². The van der Waals surface area contributed by atoms with Gasteiger partial charge in [0.15, 0.2) is 11.6 Å². The molecule has 3 aromatic rings. The van der Waals surface area contributed by atoms with E-state index >= 15 is 0 Å². The van der Waals surface area contributed by atoms with Crippen LogP contribution in [0.3, 0.4) is 0 Å². The van der Waals surface area contributed by atoms with E-state index in [1.165, 1.54) is 0 Å². The first-order chi connectivity index (χ1) is 11.3. The molecule has 0 aliphatic heterocycles. The maximum atomic E-state index is 11.8. The lowest BCUT2D eigenvalue weighted by Gasteiger charge is -2.07. The van der Waals surface area contributed by atoms with E-state index in [4.69, 9.17) is 0 Å². The Balaban J connectivity index is 1.54. The molecule has 0 fully saturated rings. The summed E-state index contributed by atoms with van der Waals surface area (Å²) in [6.07, 6.45) is 10.3. The maximum Gasteiger partial charge on any atom is 0.244 e. The van der Waals surface area contributed by atoms with Crippen LogP contribution in [0.1, 0.15) is 4.88 Å². The molecular weight excluding hydrogens is 310 g/mol. The summed E-state index contributed by atoms with van der Waals surface area (Å²) < 4.78 is 1.92. The second-order valence-corrected chi connectivity index (χ2v) is 5.64. The van der Waals surface area contributed by atoms with E-state index in [1.807, 2.05) is 28.3 Å². The number of hydrogen-bond donors (Lipinski definition) is 1. The zero-order chi connectivity index (χ0) is 15.9. The van der Waals surface area contributed by atoms with Crippen molar-refractivity contribution in [2.45, 2.75) is 6.54 Å². The minimum absolute atomic E-state index is 0.115. The summed E-state index contributed by atoms with van der Waals surface area (Å²) in [5.41, 5.74) is 0. The maximum absolute atomic E-state index is 11.8. The molecule has 0 saturated heterocycles. The predicted molar refractivity (Wildman–Crippen MR) is 89.6 cm³/mol. The molecule has 6 nitrogen and oxygen atoms in total. The molecule has 0 aliphatic carbocycles. The van der Waals surface area contributed by atoms with Crippen LogP contribution in [0.25, 0.3) is 17.7 Å². The molecule has 0 radical (unpaired) electrons. The Morgan fingerprint density at radius 1 is 1.22 bits per heavy atom. The van der Waals surface area contributed by atoms with Gasteiger partial charge in [0.05, 0.1) is 0 Å². The minimum Gasteiger partial charge on any atom is -0.351 e. The fourth-order valence-electron chi connectivity index (χ4n) is 2.01. The van der Waals surface area contributed by atoms with Gasteiger partial charge >= 0.3 is 0 Å². The highest BCUT2D eigenvalue weighted by molar-refractivity contribution is 7.10. The number of aromatic nitrogens is 4. The van der Waals surface area contributed by atoms with Crippen molar-refractivity contribution in [3.63, 3.8) is 0 Å². The summed E-state index contributed by atoms with van der Waals surface area (Å²) in [7, 11) is 0. The third-order valence-corrected chi connectivity index (χ3v) is 3.91. The average molecular weight is 325 g/mol. The Morgan fingerprint density at radius 2 is 2.09 bits per heavy atom. The number of thiophene rings is 1. The van der Waals surface area contributed by atoms with Gasteiger partial charge < -0.3 is 9.88 Å². The van der Waals surface area contributed by atoms with Gasteiger partial charge in [0, 0.05) is 48.8 Å². The number of amides is 1. The highest BCUT2D eigenvalue weighted by atomic mass is 32.1. The minimum atomic E-state index is -0.115. The van der Waals surface area contributed by atoms with Crippen molar-refractivity contribution in [3.8, 4) is 11.6 Å². The quantitative estimate of drug-likeness (QED) is 0.705. The van der Waals surface area contributed by atoms with Crippen molar-refractivity contribution in [1.82, 2.24) is 24.8 Å². The second kappa shape index (κ2) is 7.46. The van der Waals surface area contributed by atoms with Crippen molar-refractivity contribution >= 4 is 23.3 Å². The first-order valence-corrected chi connectivity index (χ1v) is 7.99. The summed E-state index contributed by atoms with van der Waals surface area (Å²) in [6.45, 7) is 1.11. The molecular formula is C16H15N5OS. The first-order valence-electron chi connectivity index (χ1n) is 7.11. The number of carbonyl (C=O) groups is 1. The number of nitrogens with zero attached hydrogens (tertiary/aromatic N) is 4. The Bertz CT molecular complexity index is 780. The van der Waals surface area contributed by atoms with Gasteiger partial charge in [0.2, 0.25) is 5.91 Å². The van der Waals surface area contributed by atoms with Crippen LogP contribution in [0, 0.1) is 0 Å². The average Bonchev–Trinajstić information content (AvgIpc) is 3.25. The molecule has 3 heterocycles. The van der Waals surface area contributed by atoms with Crippen molar-refractivity contribution in [2.24, 2.45) is 0 Å². The summed E-state index contributed by atoms with van der Waals surface area (Å²) >= 11 is 1.59. The van der Waals surface area contributed by atoms with E-state index < -0.39 is 0 Å². The molecule has 0 saturated carbocycles. The van der Waals surface area contributed by atoms with Crippen LogP contribution < -0.4 is 5.32 Å². The zero-order valence-electron chi connectivity index (χ0n) is 12.3. The molecule has 0 bridgehead atoms. The van der Waals surface area contributed by atoms with Crippen LogP contribution in [0.5, 0.6) is 0 Å². The lowest BCUT2D eigenvalue weighted by atomic mass is 10.4. The van der Waals surface area contributed by atoms with Crippen LogP contribution in [0.4, 0.5) is 0 Å². The van der Waals surface area contributed by atoms with Gasteiger partial charge in [-0.2, -0.15) is 0 Å². The van der Waals surface area contributed by atoms with Crippen molar-refractivity contribution < 1.29 is 4.79 Å². The number of imidazole rings is 1. The summed E-state index contributed by atoms with van der Waals surface area (Å²) in [5, 5.41) is 4.83. The number of hydrogen-bond acceptors (Lipinski definition) is 5. The lowest BCUT2D eigenvalue weighted by molar-refractivity contribution is -0.116. The molecule has 0 aromatic carbocycles. The van der Waals surface area contributed by atoms with Gasteiger partial charge in [-0.1, -0.05) is 6.07 Å². The monoisotopic (exact) mass is 325 g/mol. The van der Waals surface area contributed by atoms with Crippen LogP contribution >= 0.6 is 11.3 Å².